The summed E-state index contributed by atoms with van der Waals surface area (Å²) in [7, 11) is -7.56. The molecule has 0 heterocycles. The molecule has 0 aromatic heterocycles. The summed E-state index contributed by atoms with van der Waals surface area (Å²) in [4.78, 5) is 0. The van der Waals surface area contributed by atoms with Crippen molar-refractivity contribution >= 4 is 23.5 Å². The molecule has 0 aliphatic carbocycles. The number of hydrogen-bond acceptors (Lipinski definition) is 5. The van der Waals surface area contributed by atoms with Crippen molar-refractivity contribution in [2.45, 2.75) is 13.8 Å². The summed E-state index contributed by atoms with van der Waals surface area (Å²) < 4.78 is 46.4. The fourth-order valence-corrected chi connectivity index (χ4v) is 5.19. The topological polar surface area (TPSA) is 69.7 Å². The van der Waals surface area contributed by atoms with Gasteiger partial charge in [-0.2, -0.15) is 0 Å². The van der Waals surface area contributed by atoms with Crippen LogP contribution >= 0.6 is 7.60 Å². The molecule has 0 spiro atoms. The van der Waals surface area contributed by atoms with Gasteiger partial charge in [-0.05, 0) is 25.5 Å². The lowest BCUT2D eigenvalue weighted by Gasteiger charge is -2.18. The highest BCUT2D eigenvalue weighted by molar-refractivity contribution is 8.03. The van der Waals surface area contributed by atoms with E-state index in [1.54, 1.807) is 38.1 Å². The van der Waals surface area contributed by atoms with Gasteiger partial charge in [0.15, 0.2) is 14.5 Å². The van der Waals surface area contributed by atoms with Crippen LogP contribution in [0.1, 0.15) is 19.4 Å². The maximum absolute atomic E-state index is 12.7. The van der Waals surface area contributed by atoms with E-state index >= 15 is 0 Å². The molecule has 0 aliphatic heterocycles. The zero-order chi connectivity index (χ0) is 15.2. The minimum Gasteiger partial charge on any atom is -0.305 e. The molecular formula is C13H19O5PS. The Bertz CT molecular complexity index is 597. The van der Waals surface area contributed by atoms with Crippen molar-refractivity contribution in [3.05, 3.63) is 40.5 Å². The van der Waals surface area contributed by atoms with E-state index in [0.29, 0.717) is 5.56 Å². The van der Waals surface area contributed by atoms with Crippen LogP contribution in [0.25, 0.3) is 6.08 Å². The molecule has 7 heteroatoms. The Kier molecular flexibility index (Phi) is 6.14. The van der Waals surface area contributed by atoms with Gasteiger partial charge in [0.05, 0.1) is 13.2 Å². The van der Waals surface area contributed by atoms with Crippen LogP contribution in [0.15, 0.2) is 35.0 Å². The van der Waals surface area contributed by atoms with E-state index in [1.165, 1.54) is 6.08 Å². The van der Waals surface area contributed by atoms with E-state index in [0.717, 1.165) is 6.26 Å². The van der Waals surface area contributed by atoms with E-state index in [4.69, 9.17) is 9.05 Å². The second-order valence-corrected chi connectivity index (χ2v) is 8.28. The van der Waals surface area contributed by atoms with Gasteiger partial charge < -0.3 is 9.05 Å². The monoisotopic (exact) mass is 318 g/mol. The van der Waals surface area contributed by atoms with Gasteiger partial charge in [-0.15, -0.1) is 0 Å². The fourth-order valence-electron chi connectivity index (χ4n) is 1.59. The minimum absolute atomic E-state index is 0.0962. The number of rotatable bonds is 7. The third-order valence-electron chi connectivity index (χ3n) is 2.34. The molecule has 0 radical (unpaired) electrons. The smallest absolute Gasteiger partial charge is 0.305 e. The first-order valence-electron chi connectivity index (χ1n) is 6.20. The van der Waals surface area contributed by atoms with E-state index in [2.05, 4.69) is 0 Å². The lowest BCUT2D eigenvalue weighted by Crippen LogP contribution is -2.07. The van der Waals surface area contributed by atoms with Crippen molar-refractivity contribution in [2.75, 3.05) is 19.5 Å². The van der Waals surface area contributed by atoms with Crippen LogP contribution in [0, 0.1) is 0 Å². The molecule has 0 fully saturated rings. The molecule has 1 aromatic carbocycles. The molecule has 0 amide bonds. The normalized spacial score (nSPS) is 13.4. The molecule has 0 N–H and O–H groups in total. The molecule has 1 rings (SSSR count). The highest BCUT2D eigenvalue weighted by atomic mass is 32.2. The lowest BCUT2D eigenvalue weighted by molar-refractivity contribution is 0.228. The van der Waals surface area contributed by atoms with E-state index in [9.17, 15) is 13.0 Å². The predicted molar refractivity (Wildman–Crippen MR) is 80.1 cm³/mol. The summed E-state index contributed by atoms with van der Waals surface area (Å²) in [5, 5.41) is 0. The van der Waals surface area contributed by atoms with Crippen LogP contribution in [0.3, 0.4) is 0 Å². The third-order valence-corrected chi connectivity index (χ3v) is 6.75. The SMILES string of the molecule is CCOP(=O)(OCC)/C(=C\c1ccccc1)S(C)(=O)=O. The molecule has 0 atom stereocenters. The Labute approximate surface area is 120 Å². The minimum atomic E-state index is -3.84. The van der Waals surface area contributed by atoms with Crippen LogP contribution < -0.4 is 0 Å². The summed E-state index contributed by atoms with van der Waals surface area (Å²) in [6, 6.07) is 8.76. The van der Waals surface area contributed by atoms with Crippen LogP contribution in [0.4, 0.5) is 0 Å². The Morgan fingerprint density at radius 2 is 1.65 bits per heavy atom. The molecule has 0 unspecified atom stereocenters. The number of hydrogen-bond donors (Lipinski definition) is 0. The summed E-state index contributed by atoms with van der Waals surface area (Å²) in [6.07, 6.45) is 2.33. The van der Waals surface area contributed by atoms with Gasteiger partial charge in [0, 0.05) is 6.26 Å². The second kappa shape index (κ2) is 7.18. The summed E-state index contributed by atoms with van der Waals surface area (Å²) in [5.41, 5.74) is 0.618. The molecule has 1 aromatic rings. The average molecular weight is 318 g/mol. The van der Waals surface area contributed by atoms with Crippen molar-refractivity contribution in [3.63, 3.8) is 0 Å². The molecule has 0 bridgehead atoms. The average Bonchev–Trinajstić information content (AvgIpc) is 2.36. The molecule has 0 saturated heterocycles. The summed E-state index contributed by atoms with van der Waals surface area (Å²) in [5.74, 6) is 0. The quantitative estimate of drug-likeness (QED) is 0.721. The van der Waals surface area contributed by atoms with E-state index in [-0.39, 0.29) is 17.9 Å². The first-order chi connectivity index (χ1) is 9.33. The van der Waals surface area contributed by atoms with Gasteiger partial charge in [-0.25, -0.2) is 8.42 Å². The van der Waals surface area contributed by atoms with Gasteiger partial charge in [0.25, 0.3) is 0 Å². The van der Waals surface area contributed by atoms with Gasteiger partial charge in [-0.3, -0.25) is 4.57 Å². The Balaban J connectivity index is 3.40. The zero-order valence-corrected chi connectivity index (χ0v) is 13.5. The first kappa shape index (κ1) is 17.1. The van der Waals surface area contributed by atoms with Crippen molar-refractivity contribution < 1.29 is 22.0 Å². The summed E-state index contributed by atoms with van der Waals surface area (Å²) >= 11 is 0. The van der Waals surface area contributed by atoms with Gasteiger partial charge >= 0.3 is 7.60 Å². The first-order valence-corrected chi connectivity index (χ1v) is 9.63. The van der Waals surface area contributed by atoms with Crippen LogP contribution in [-0.2, 0) is 23.4 Å². The molecule has 0 saturated carbocycles. The van der Waals surface area contributed by atoms with E-state index in [1.807, 2.05) is 6.07 Å². The van der Waals surface area contributed by atoms with Crippen molar-refractivity contribution in [1.82, 2.24) is 0 Å². The molecular weight excluding hydrogens is 299 g/mol. The third kappa shape index (κ3) is 4.56. The van der Waals surface area contributed by atoms with Crippen molar-refractivity contribution in [1.29, 1.82) is 0 Å². The lowest BCUT2D eigenvalue weighted by atomic mass is 10.2. The zero-order valence-electron chi connectivity index (χ0n) is 11.8. The Hall–Kier alpha value is -0.940. The molecule has 0 aliphatic rings. The second-order valence-electron chi connectivity index (χ2n) is 4.00. The van der Waals surface area contributed by atoms with Gasteiger partial charge in [0.1, 0.15) is 0 Å². The maximum Gasteiger partial charge on any atom is 0.372 e. The van der Waals surface area contributed by atoms with Crippen molar-refractivity contribution in [2.24, 2.45) is 0 Å². The van der Waals surface area contributed by atoms with Gasteiger partial charge in [-0.1, -0.05) is 30.3 Å². The van der Waals surface area contributed by atoms with Crippen LogP contribution in [0.2, 0.25) is 0 Å². The maximum atomic E-state index is 12.7. The highest BCUT2D eigenvalue weighted by Crippen LogP contribution is 2.58. The number of sulfone groups is 1. The molecule has 112 valence electrons. The summed E-state index contributed by atoms with van der Waals surface area (Å²) in [6.45, 7) is 3.46. The Morgan fingerprint density at radius 1 is 1.15 bits per heavy atom. The van der Waals surface area contributed by atoms with E-state index < -0.39 is 17.4 Å². The molecule has 5 nitrogen and oxygen atoms in total. The van der Waals surface area contributed by atoms with Crippen LogP contribution in [-0.4, -0.2) is 27.9 Å². The largest absolute Gasteiger partial charge is 0.372 e. The van der Waals surface area contributed by atoms with Crippen LogP contribution in [0.5, 0.6) is 0 Å². The predicted octanol–water partition coefficient (Wildman–Crippen LogP) is 3.30. The molecule has 20 heavy (non-hydrogen) atoms. The number of benzene rings is 1. The standard InChI is InChI=1S/C13H19O5PS/c1-4-17-19(14,18-5-2)13(20(3,15)16)11-12-9-7-6-8-10-12/h6-11H,4-5H2,1-3H3/b13-11+. The fraction of sp³-hybridized carbons (Fsp3) is 0.385. The highest BCUT2D eigenvalue weighted by Gasteiger charge is 2.36. The van der Waals surface area contributed by atoms with Crippen molar-refractivity contribution in [3.8, 4) is 0 Å². The Morgan fingerprint density at radius 3 is 2.05 bits per heavy atom. The van der Waals surface area contributed by atoms with Gasteiger partial charge in [0.2, 0.25) is 0 Å².